The molecule has 0 aromatic carbocycles. The molecular weight excluding hydrogens is 266 g/mol. The number of thiazole rings is 1. The minimum absolute atomic E-state index is 0.485. The Kier molecular flexibility index (Phi) is 5.80. The van der Waals surface area contributed by atoms with Gasteiger partial charge >= 0.3 is 0 Å². The first-order chi connectivity index (χ1) is 9.72. The van der Waals surface area contributed by atoms with Crippen LogP contribution in [0.1, 0.15) is 55.4 Å². The van der Waals surface area contributed by atoms with Gasteiger partial charge in [0.2, 0.25) is 0 Å². The number of hydrogen-bond donors (Lipinski definition) is 1. The van der Waals surface area contributed by atoms with E-state index < -0.39 is 0 Å². The van der Waals surface area contributed by atoms with E-state index in [1.54, 1.807) is 11.3 Å². The lowest BCUT2D eigenvalue weighted by molar-refractivity contribution is 0.493. The fourth-order valence-electron chi connectivity index (χ4n) is 2.39. The Morgan fingerprint density at radius 1 is 1.35 bits per heavy atom. The van der Waals surface area contributed by atoms with Gasteiger partial charge in [0, 0.05) is 29.5 Å². The zero-order chi connectivity index (χ0) is 14.4. The molecule has 2 aromatic rings. The molecule has 2 heterocycles. The lowest BCUT2D eigenvalue weighted by Crippen LogP contribution is -2.21. The molecule has 1 atom stereocenters. The van der Waals surface area contributed by atoms with Crippen LogP contribution in [0.15, 0.2) is 23.8 Å². The first-order valence-corrected chi connectivity index (χ1v) is 8.41. The molecule has 0 radical (unpaired) electrons. The highest BCUT2D eigenvalue weighted by Crippen LogP contribution is 2.20. The van der Waals surface area contributed by atoms with E-state index in [9.17, 15) is 0 Å². The summed E-state index contributed by atoms with van der Waals surface area (Å²) in [5, 5.41) is 6.93. The molecule has 0 spiro atoms. The smallest absolute Gasteiger partial charge is 0.113 e. The maximum atomic E-state index is 4.53. The Bertz CT molecular complexity index is 515. The molecule has 20 heavy (non-hydrogen) atoms. The zero-order valence-corrected chi connectivity index (χ0v) is 13.5. The van der Waals surface area contributed by atoms with Crippen LogP contribution in [0.3, 0.4) is 0 Å². The molecule has 4 heteroatoms. The van der Waals surface area contributed by atoms with Gasteiger partial charge < -0.3 is 9.88 Å². The predicted octanol–water partition coefficient (Wildman–Crippen LogP) is 4.14. The third kappa shape index (κ3) is 4.18. The quantitative estimate of drug-likeness (QED) is 0.792. The molecule has 0 saturated carbocycles. The molecule has 0 bridgehead atoms. The molecule has 2 rings (SSSR count). The van der Waals surface area contributed by atoms with Crippen LogP contribution in [0, 0.1) is 6.92 Å². The van der Waals surface area contributed by atoms with Gasteiger partial charge in [0.15, 0.2) is 0 Å². The van der Waals surface area contributed by atoms with Gasteiger partial charge in [-0.3, -0.25) is 0 Å². The molecule has 0 amide bonds. The summed E-state index contributed by atoms with van der Waals surface area (Å²) in [6.45, 7) is 8.47. The molecule has 0 aliphatic heterocycles. The standard InChI is InChI=1S/C16H25N3S/c1-4-6-15(17-8-5-2)14-7-9-19(10-14)11-16-18-13(3)12-20-16/h7,9-10,12,15,17H,4-6,8,11H2,1-3H3. The average Bonchev–Trinajstić information content (AvgIpc) is 3.04. The summed E-state index contributed by atoms with van der Waals surface area (Å²) in [5.41, 5.74) is 2.51. The number of nitrogens with one attached hydrogen (secondary N) is 1. The maximum Gasteiger partial charge on any atom is 0.113 e. The Balaban J connectivity index is 2.02. The largest absolute Gasteiger partial charge is 0.347 e. The molecule has 0 fully saturated rings. The molecule has 0 saturated heterocycles. The van der Waals surface area contributed by atoms with Crippen LogP contribution in [0.25, 0.3) is 0 Å². The van der Waals surface area contributed by atoms with Crippen LogP contribution >= 0.6 is 11.3 Å². The van der Waals surface area contributed by atoms with E-state index in [0.29, 0.717) is 6.04 Å². The molecule has 110 valence electrons. The van der Waals surface area contributed by atoms with Crippen molar-refractivity contribution in [3.8, 4) is 0 Å². The monoisotopic (exact) mass is 291 g/mol. The van der Waals surface area contributed by atoms with Gasteiger partial charge in [-0.05, 0) is 37.9 Å². The number of aryl methyl sites for hydroxylation is 1. The summed E-state index contributed by atoms with van der Waals surface area (Å²) in [5.74, 6) is 0. The first kappa shape index (κ1) is 15.3. The van der Waals surface area contributed by atoms with Crippen LogP contribution in [0.5, 0.6) is 0 Å². The molecule has 1 N–H and O–H groups in total. The number of hydrogen-bond acceptors (Lipinski definition) is 3. The fraction of sp³-hybridized carbons (Fsp3) is 0.562. The topological polar surface area (TPSA) is 29.9 Å². The molecule has 0 aliphatic carbocycles. The van der Waals surface area contributed by atoms with Gasteiger partial charge in [-0.1, -0.05) is 20.3 Å². The van der Waals surface area contributed by atoms with E-state index in [2.05, 4.69) is 52.6 Å². The van der Waals surface area contributed by atoms with E-state index in [-0.39, 0.29) is 0 Å². The molecule has 1 unspecified atom stereocenters. The SMILES string of the molecule is CCCNC(CCC)c1ccn(Cc2nc(C)cs2)c1. The van der Waals surface area contributed by atoms with Crippen molar-refractivity contribution in [3.63, 3.8) is 0 Å². The van der Waals surface area contributed by atoms with Gasteiger partial charge in [0.25, 0.3) is 0 Å². The first-order valence-electron chi connectivity index (χ1n) is 7.53. The number of rotatable bonds is 8. The summed E-state index contributed by atoms with van der Waals surface area (Å²) in [6, 6.07) is 2.72. The normalized spacial score (nSPS) is 12.8. The third-order valence-corrected chi connectivity index (χ3v) is 4.33. The molecule has 0 aliphatic rings. The zero-order valence-electron chi connectivity index (χ0n) is 12.7. The van der Waals surface area contributed by atoms with Gasteiger partial charge in [-0.25, -0.2) is 4.98 Å². The second-order valence-corrected chi connectivity index (χ2v) is 6.24. The van der Waals surface area contributed by atoms with Gasteiger partial charge in [-0.15, -0.1) is 11.3 Å². The molecular formula is C16H25N3S. The summed E-state index contributed by atoms with van der Waals surface area (Å²) in [4.78, 5) is 4.53. The van der Waals surface area contributed by atoms with Gasteiger partial charge in [-0.2, -0.15) is 0 Å². The highest BCUT2D eigenvalue weighted by molar-refractivity contribution is 7.09. The van der Waals surface area contributed by atoms with Crippen molar-refractivity contribution in [2.45, 2.75) is 52.6 Å². The van der Waals surface area contributed by atoms with E-state index in [1.165, 1.54) is 29.8 Å². The average molecular weight is 291 g/mol. The molecule has 3 nitrogen and oxygen atoms in total. The van der Waals surface area contributed by atoms with Crippen molar-refractivity contribution >= 4 is 11.3 Å². The van der Waals surface area contributed by atoms with Crippen LogP contribution in [0.2, 0.25) is 0 Å². The van der Waals surface area contributed by atoms with Crippen molar-refractivity contribution in [2.75, 3.05) is 6.54 Å². The highest BCUT2D eigenvalue weighted by Gasteiger charge is 2.11. The van der Waals surface area contributed by atoms with E-state index in [0.717, 1.165) is 18.8 Å². The van der Waals surface area contributed by atoms with E-state index in [4.69, 9.17) is 0 Å². The summed E-state index contributed by atoms with van der Waals surface area (Å²) in [6.07, 6.45) is 8.01. The van der Waals surface area contributed by atoms with E-state index in [1.807, 2.05) is 6.92 Å². The van der Waals surface area contributed by atoms with Crippen molar-refractivity contribution in [1.29, 1.82) is 0 Å². The maximum absolute atomic E-state index is 4.53. The second-order valence-electron chi connectivity index (χ2n) is 5.30. The third-order valence-electron chi connectivity index (χ3n) is 3.38. The minimum Gasteiger partial charge on any atom is -0.347 e. The summed E-state index contributed by atoms with van der Waals surface area (Å²) < 4.78 is 2.24. The highest BCUT2D eigenvalue weighted by atomic mass is 32.1. The van der Waals surface area contributed by atoms with Crippen LogP contribution in [0.4, 0.5) is 0 Å². The Hall–Kier alpha value is -1.13. The van der Waals surface area contributed by atoms with Crippen molar-refractivity contribution in [3.05, 3.63) is 40.1 Å². The summed E-state index contributed by atoms with van der Waals surface area (Å²) in [7, 11) is 0. The fourth-order valence-corrected chi connectivity index (χ4v) is 3.17. The van der Waals surface area contributed by atoms with Crippen LogP contribution < -0.4 is 5.32 Å². The predicted molar refractivity (Wildman–Crippen MR) is 86.3 cm³/mol. The van der Waals surface area contributed by atoms with E-state index >= 15 is 0 Å². The number of aromatic nitrogens is 2. The summed E-state index contributed by atoms with van der Waals surface area (Å²) >= 11 is 1.74. The Morgan fingerprint density at radius 3 is 2.85 bits per heavy atom. The van der Waals surface area contributed by atoms with Gasteiger partial charge in [0.1, 0.15) is 5.01 Å². The molecule has 2 aromatic heterocycles. The Morgan fingerprint density at radius 2 is 2.20 bits per heavy atom. The second kappa shape index (κ2) is 7.60. The Labute approximate surface area is 126 Å². The lowest BCUT2D eigenvalue weighted by atomic mass is 10.1. The number of nitrogens with zero attached hydrogens (tertiary/aromatic N) is 2. The van der Waals surface area contributed by atoms with Crippen molar-refractivity contribution in [1.82, 2.24) is 14.9 Å². The lowest BCUT2D eigenvalue weighted by Gasteiger charge is -2.16. The minimum atomic E-state index is 0.485. The van der Waals surface area contributed by atoms with Crippen molar-refractivity contribution < 1.29 is 0 Å². The van der Waals surface area contributed by atoms with Crippen LogP contribution in [-0.2, 0) is 6.54 Å². The van der Waals surface area contributed by atoms with Crippen molar-refractivity contribution in [2.24, 2.45) is 0 Å². The van der Waals surface area contributed by atoms with Crippen LogP contribution in [-0.4, -0.2) is 16.1 Å². The van der Waals surface area contributed by atoms with Gasteiger partial charge in [0.05, 0.1) is 6.54 Å².